The Morgan fingerprint density at radius 1 is 0.964 bits per heavy atom. The molecule has 0 saturated heterocycles. The summed E-state index contributed by atoms with van der Waals surface area (Å²) in [5.41, 5.74) is 6.53. The largest absolute Gasteiger partial charge is 0.356 e. The highest BCUT2D eigenvalue weighted by Crippen LogP contribution is 2.17. The van der Waals surface area contributed by atoms with E-state index < -0.39 is 11.8 Å². The van der Waals surface area contributed by atoms with Crippen molar-refractivity contribution in [3.8, 4) is 11.4 Å². The number of para-hydroxylation sites is 1. The van der Waals surface area contributed by atoms with Crippen molar-refractivity contribution in [2.24, 2.45) is 0 Å². The van der Waals surface area contributed by atoms with E-state index in [9.17, 15) is 9.59 Å². The minimum atomic E-state index is -0.490. The molecule has 28 heavy (non-hydrogen) atoms. The Morgan fingerprint density at radius 2 is 1.71 bits per heavy atom. The molecule has 0 radical (unpaired) electrons. The van der Waals surface area contributed by atoms with Crippen molar-refractivity contribution in [3.63, 3.8) is 0 Å². The quantitative estimate of drug-likeness (QED) is 0.494. The van der Waals surface area contributed by atoms with Crippen LogP contribution in [0.2, 0.25) is 0 Å². The summed E-state index contributed by atoms with van der Waals surface area (Å²) >= 11 is 0. The van der Waals surface area contributed by atoms with Gasteiger partial charge >= 0.3 is 0 Å². The number of hydrazine groups is 1. The molecule has 10 heteroatoms. The lowest BCUT2D eigenvalue weighted by atomic mass is 10.2. The van der Waals surface area contributed by atoms with E-state index in [1.54, 1.807) is 6.07 Å². The highest BCUT2D eigenvalue weighted by molar-refractivity contribution is 5.87. The molecular weight excluding hydrogens is 362 g/mol. The highest BCUT2D eigenvalue weighted by Gasteiger charge is 2.13. The second-order valence-electron chi connectivity index (χ2n) is 5.91. The van der Waals surface area contributed by atoms with Crippen molar-refractivity contribution in [2.75, 3.05) is 0 Å². The van der Waals surface area contributed by atoms with Gasteiger partial charge in [0.25, 0.3) is 5.91 Å². The van der Waals surface area contributed by atoms with Gasteiger partial charge in [0.15, 0.2) is 5.58 Å². The van der Waals surface area contributed by atoms with E-state index in [4.69, 9.17) is 4.52 Å². The van der Waals surface area contributed by atoms with Gasteiger partial charge in [-0.25, -0.2) is 0 Å². The number of amides is 2. The van der Waals surface area contributed by atoms with Gasteiger partial charge in [-0.3, -0.25) is 20.4 Å². The first-order valence-electron chi connectivity index (χ1n) is 8.43. The van der Waals surface area contributed by atoms with E-state index in [1.807, 2.05) is 48.5 Å². The van der Waals surface area contributed by atoms with Gasteiger partial charge in [0.2, 0.25) is 11.7 Å². The second-order valence-corrected chi connectivity index (χ2v) is 5.91. The Labute approximate surface area is 158 Å². The van der Waals surface area contributed by atoms with Crippen LogP contribution in [0.4, 0.5) is 0 Å². The maximum atomic E-state index is 12.0. The van der Waals surface area contributed by atoms with Gasteiger partial charge in [0, 0.05) is 10.9 Å². The number of hydrogen-bond donors (Lipinski definition) is 2. The lowest BCUT2D eigenvalue weighted by molar-refractivity contribution is -0.129. The molecule has 0 aliphatic carbocycles. The van der Waals surface area contributed by atoms with Crippen molar-refractivity contribution in [2.45, 2.75) is 13.0 Å². The summed E-state index contributed by atoms with van der Waals surface area (Å²) in [7, 11) is 0. The number of rotatable bonds is 5. The zero-order valence-corrected chi connectivity index (χ0v) is 14.6. The fraction of sp³-hybridized carbons (Fsp3) is 0.111. The normalized spacial score (nSPS) is 10.7. The standard InChI is InChI=1S/C18H15N7O3/c26-16(10-14-13-8-4-5-9-15(13)28-23-14)19-20-17(27)11-25-22-18(21-24-25)12-6-2-1-3-7-12/h1-9H,10-11H2,(H,19,26)(H,20,27). The van der Waals surface area contributed by atoms with Gasteiger partial charge in [-0.1, -0.05) is 47.6 Å². The third kappa shape index (κ3) is 3.85. The van der Waals surface area contributed by atoms with Crippen LogP contribution >= 0.6 is 0 Å². The van der Waals surface area contributed by atoms with Crippen molar-refractivity contribution >= 4 is 22.8 Å². The first-order valence-corrected chi connectivity index (χ1v) is 8.43. The minimum Gasteiger partial charge on any atom is -0.356 e. The van der Waals surface area contributed by atoms with E-state index in [1.165, 1.54) is 0 Å². The van der Waals surface area contributed by atoms with Crippen LogP contribution in [-0.2, 0) is 22.6 Å². The Balaban J connectivity index is 1.30. The number of aromatic nitrogens is 5. The summed E-state index contributed by atoms with van der Waals surface area (Å²) in [5.74, 6) is -0.505. The van der Waals surface area contributed by atoms with Gasteiger partial charge in [0.1, 0.15) is 12.2 Å². The first-order chi connectivity index (χ1) is 13.7. The smallest absolute Gasteiger partial charge is 0.262 e. The molecule has 4 aromatic rings. The van der Waals surface area contributed by atoms with Gasteiger partial charge in [0.05, 0.1) is 6.42 Å². The van der Waals surface area contributed by atoms with Crippen LogP contribution in [0.1, 0.15) is 5.69 Å². The van der Waals surface area contributed by atoms with Crippen LogP contribution in [0, 0.1) is 0 Å². The maximum Gasteiger partial charge on any atom is 0.262 e. The molecule has 4 rings (SSSR count). The maximum absolute atomic E-state index is 12.0. The number of carbonyl (C=O) groups is 2. The van der Waals surface area contributed by atoms with Crippen molar-refractivity contribution in [1.29, 1.82) is 0 Å². The van der Waals surface area contributed by atoms with Crippen molar-refractivity contribution < 1.29 is 14.1 Å². The first kappa shape index (κ1) is 17.3. The lowest BCUT2D eigenvalue weighted by Gasteiger charge is -2.05. The topological polar surface area (TPSA) is 128 Å². The number of fused-ring (bicyclic) bond motifs is 1. The number of carbonyl (C=O) groups excluding carboxylic acids is 2. The number of hydrogen-bond acceptors (Lipinski definition) is 7. The third-order valence-corrected chi connectivity index (χ3v) is 3.89. The molecular formula is C18H15N7O3. The Hall–Kier alpha value is -4.08. The third-order valence-electron chi connectivity index (χ3n) is 3.89. The molecule has 2 amide bonds. The summed E-state index contributed by atoms with van der Waals surface area (Å²) in [6, 6.07) is 16.5. The monoisotopic (exact) mass is 377 g/mol. The molecule has 2 aromatic carbocycles. The van der Waals surface area contributed by atoms with Crippen molar-refractivity contribution in [3.05, 3.63) is 60.3 Å². The molecule has 0 atom stereocenters. The molecule has 2 aromatic heterocycles. The number of benzene rings is 2. The Kier molecular flexibility index (Phi) is 4.74. The van der Waals surface area contributed by atoms with E-state index in [0.29, 0.717) is 17.1 Å². The van der Waals surface area contributed by atoms with E-state index in [0.717, 1.165) is 15.7 Å². The zero-order valence-electron chi connectivity index (χ0n) is 14.6. The van der Waals surface area contributed by atoms with Crippen LogP contribution in [0.3, 0.4) is 0 Å². The van der Waals surface area contributed by atoms with E-state index >= 15 is 0 Å². The summed E-state index contributed by atoms with van der Waals surface area (Å²) in [6.45, 7) is -0.187. The molecule has 140 valence electrons. The average molecular weight is 377 g/mol. The predicted molar refractivity (Wildman–Crippen MR) is 97.3 cm³/mol. The van der Waals surface area contributed by atoms with Gasteiger partial charge in [-0.05, 0) is 17.3 Å². The second kappa shape index (κ2) is 7.66. The summed E-state index contributed by atoms with van der Waals surface area (Å²) in [5, 5.41) is 16.5. The SMILES string of the molecule is O=C(Cc1noc2ccccc12)NNC(=O)Cn1nnc(-c2ccccc2)n1. The fourth-order valence-corrected chi connectivity index (χ4v) is 2.58. The zero-order chi connectivity index (χ0) is 19.3. The highest BCUT2D eigenvalue weighted by atomic mass is 16.5. The molecule has 0 unspecified atom stereocenters. The van der Waals surface area contributed by atoms with Gasteiger partial charge in [-0.15, -0.1) is 10.2 Å². The fourth-order valence-electron chi connectivity index (χ4n) is 2.58. The lowest BCUT2D eigenvalue weighted by Crippen LogP contribution is -2.44. The van der Waals surface area contributed by atoms with E-state index in [-0.39, 0.29) is 13.0 Å². The molecule has 0 fully saturated rings. The van der Waals surface area contributed by atoms with Crippen LogP contribution in [-0.4, -0.2) is 37.2 Å². The molecule has 0 spiro atoms. The van der Waals surface area contributed by atoms with Crippen LogP contribution in [0.5, 0.6) is 0 Å². The van der Waals surface area contributed by atoms with E-state index in [2.05, 4.69) is 31.4 Å². The summed E-state index contributed by atoms with van der Waals surface area (Å²) < 4.78 is 5.15. The number of nitrogens with one attached hydrogen (secondary N) is 2. The molecule has 2 N–H and O–H groups in total. The minimum absolute atomic E-state index is 0.0307. The summed E-state index contributed by atoms with van der Waals surface area (Å²) in [6.07, 6.45) is -0.0307. The van der Waals surface area contributed by atoms with Crippen molar-refractivity contribution in [1.82, 2.24) is 36.2 Å². The Bertz CT molecular complexity index is 1120. The van der Waals surface area contributed by atoms with Crippen LogP contribution < -0.4 is 10.9 Å². The average Bonchev–Trinajstić information content (AvgIpc) is 3.35. The molecule has 0 saturated carbocycles. The molecule has 0 aliphatic heterocycles. The summed E-state index contributed by atoms with van der Waals surface area (Å²) in [4.78, 5) is 25.2. The Morgan fingerprint density at radius 3 is 2.57 bits per heavy atom. The number of nitrogens with zero attached hydrogens (tertiary/aromatic N) is 5. The molecule has 0 bridgehead atoms. The molecule has 2 heterocycles. The molecule has 10 nitrogen and oxygen atoms in total. The molecule has 0 aliphatic rings. The van der Waals surface area contributed by atoms with Crippen LogP contribution in [0.25, 0.3) is 22.4 Å². The van der Waals surface area contributed by atoms with Gasteiger partial charge < -0.3 is 4.52 Å². The number of tetrazole rings is 1. The van der Waals surface area contributed by atoms with Crippen LogP contribution in [0.15, 0.2) is 59.1 Å². The van der Waals surface area contributed by atoms with Gasteiger partial charge in [-0.2, -0.15) is 4.80 Å². The predicted octanol–water partition coefficient (Wildman–Crippen LogP) is 0.871.